The van der Waals surface area contributed by atoms with Gasteiger partial charge in [-0.2, -0.15) is 0 Å². The van der Waals surface area contributed by atoms with Crippen LogP contribution in [0.1, 0.15) is 58.3 Å². The van der Waals surface area contributed by atoms with E-state index in [-0.39, 0.29) is 11.8 Å². The van der Waals surface area contributed by atoms with E-state index in [2.05, 4.69) is 16.0 Å². The van der Waals surface area contributed by atoms with Crippen LogP contribution in [-0.4, -0.2) is 37.0 Å². The van der Waals surface area contributed by atoms with E-state index >= 15 is 0 Å². The minimum Gasteiger partial charge on any atom is -0.353 e. The summed E-state index contributed by atoms with van der Waals surface area (Å²) in [5, 5.41) is 9.09. The second-order valence-electron chi connectivity index (χ2n) is 6.54. The molecule has 2 atom stereocenters. The molecule has 0 spiro atoms. The van der Waals surface area contributed by atoms with Crippen molar-refractivity contribution in [2.45, 2.75) is 70.4 Å². The zero-order valence-electron chi connectivity index (χ0n) is 13.1. The fourth-order valence-corrected chi connectivity index (χ4v) is 3.33. The van der Waals surface area contributed by atoms with Crippen LogP contribution in [0, 0.1) is 5.92 Å². The van der Waals surface area contributed by atoms with Gasteiger partial charge in [-0.05, 0) is 45.1 Å². The second-order valence-corrected chi connectivity index (χ2v) is 6.54. The first kappa shape index (κ1) is 16.3. The normalized spacial score (nSPS) is 24.5. The molecule has 5 heteroatoms. The molecule has 21 heavy (non-hydrogen) atoms. The number of amides is 2. The minimum absolute atomic E-state index is 0.0172. The number of carbonyl (C=O) groups excluding carboxylic acids is 2. The van der Waals surface area contributed by atoms with Gasteiger partial charge < -0.3 is 16.0 Å². The molecule has 2 aliphatic rings. The van der Waals surface area contributed by atoms with Crippen LogP contribution >= 0.6 is 0 Å². The van der Waals surface area contributed by atoms with Crippen molar-refractivity contribution in [3.05, 3.63) is 0 Å². The lowest BCUT2D eigenvalue weighted by molar-refractivity contribution is -0.129. The van der Waals surface area contributed by atoms with E-state index in [0.717, 1.165) is 25.8 Å². The van der Waals surface area contributed by atoms with Crippen molar-refractivity contribution < 1.29 is 9.59 Å². The molecule has 1 aliphatic carbocycles. The van der Waals surface area contributed by atoms with Gasteiger partial charge in [-0.1, -0.05) is 19.3 Å². The Morgan fingerprint density at radius 3 is 2.57 bits per heavy atom. The molecule has 1 heterocycles. The monoisotopic (exact) mass is 295 g/mol. The fourth-order valence-electron chi connectivity index (χ4n) is 3.33. The summed E-state index contributed by atoms with van der Waals surface area (Å²) in [7, 11) is 0. The highest BCUT2D eigenvalue weighted by atomic mass is 16.2. The van der Waals surface area contributed by atoms with Crippen molar-refractivity contribution in [2.75, 3.05) is 13.1 Å². The minimum atomic E-state index is -0.442. The average molecular weight is 295 g/mol. The lowest BCUT2D eigenvalue weighted by Crippen LogP contribution is -2.48. The summed E-state index contributed by atoms with van der Waals surface area (Å²) in [6.45, 7) is 3.45. The predicted molar refractivity (Wildman–Crippen MR) is 82.8 cm³/mol. The van der Waals surface area contributed by atoms with Crippen molar-refractivity contribution in [1.82, 2.24) is 16.0 Å². The molecule has 5 nitrogen and oxygen atoms in total. The Morgan fingerprint density at radius 2 is 1.90 bits per heavy atom. The Kier molecular flexibility index (Phi) is 6.49. The molecular formula is C16H29N3O2. The topological polar surface area (TPSA) is 70.2 Å². The molecule has 1 saturated heterocycles. The molecular weight excluding hydrogens is 266 g/mol. The molecule has 0 aromatic rings. The van der Waals surface area contributed by atoms with Gasteiger partial charge in [-0.15, -0.1) is 0 Å². The first-order valence-corrected chi connectivity index (χ1v) is 8.45. The highest BCUT2D eigenvalue weighted by Gasteiger charge is 2.21. The van der Waals surface area contributed by atoms with Gasteiger partial charge in [0.25, 0.3) is 0 Å². The standard InChI is InChI=1S/C16H29N3O2/c1-12(16(21)18-11-14-8-5-9-17-14)19-15(20)10-13-6-3-2-4-7-13/h12-14,17H,2-11H2,1H3,(H,18,21)(H,19,20). The van der Waals surface area contributed by atoms with Crippen molar-refractivity contribution in [2.24, 2.45) is 5.92 Å². The Hall–Kier alpha value is -1.10. The third kappa shape index (κ3) is 5.65. The van der Waals surface area contributed by atoms with Crippen LogP contribution in [-0.2, 0) is 9.59 Å². The maximum atomic E-state index is 12.0. The smallest absolute Gasteiger partial charge is 0.242 e. The van der Waals surface area contributed by atoms with Gasteiger partial charge in [0.05, 0.1) is 0 Å². The SMILES string of the molecule is CC(NC(=O)CC1CCCCC1)C(=O)NCC1CCCN1. The van der Waals surface area contributed by atoms with Crippen LogP contribution in [0.15, 0.2) is 0 Å². The van der Waals surface area contributed by atoms with Crippen LogP contribution in [0.5, 0.6) is 0 Å². The summed E-state index contributed by atoms with van der Waals surface area (Å²) in [5.74, 6) is 0.445. The van der Waals surface area contributed by atoms with Crippen molar-refractivity contribution in [3.8, 4) is 0 Å². The molecule has 0 aromatic heterocycles. The number of carbonyl (C=O) groups is 2. The molecule has 1 aliphatic heterocycles. The third-order valence-corrected chi connectivity index (χ3v) is 4.65. The predicted octanol–water partition coefficient (Wildman–Crippen LogP) is 1.33. The number of rotatable bonds is 6. The second kappa shape index (κ2) is 8.37. The summed E-state index contributed by atoms with van der Waals surface area (Å²) in [6.07, 6.45) is 8.94. The van der Waals surface area contributed by atoms with E-state index in [0.29, 0.717) is 24.9 Å². The van der Waals surface area contributed by atoms with E-state index in [4.69, 9.17) is 0 Å². The van der Waals surface area contributed by atoms with Crippen LogP contribution in [0.3, 0.4) is 0 Å². The molecule has 0 aromatic carbocycles. The third-order valence-electron chi connectivity index (χ3n) is 4.65. The van der Waals surface area contributed by atoms with Crippen molar-refractivity contribution >= 4 is 11.8 Å². The largest absolute Gasteiger partial charge is 0.353 e. The summed E-state index contributed by atoms with van der Waals surface area (Å²) < 4.78 is 0. The summed E-state index contributed by atoms with van der Waals surface area (Å²) in [6, 6.07) is -0.0541. The summed E-state index contributed by atoms with van der Waals surface area (Å²) in [5.41, 5.74) is 0. The Labute approximate surface area is 127 Å². The van der Waals surface area contributed by atoms with Crippen LogP contribution in [0.2, 0.25) is 0 Å². The van der Waals surface area contributed by atoms with E-state index < -0.39 is 6.04 Å². The maximum Gasteiger partial charge on any atom is 0.242 e. The number of hydrogen-bond acceptors (Lipinski definition) is 3. The lowest BCUT2D eigenvalue weighted by atomic mass is 9.87. The van der Waals surface area contributed by atoms with Gasteiger partial charge in [0, 0.05) is 19.0 Å². The lowest BCUT2D eigenvalue weighted by Gasteiger charge is -2.22. The average Bonchev–Trinajstić information content (AvgIpc) is 2.98. The van der Waals surface area contributed by atoms with Gasteiger partial charge >= 0.3 is 0 Å². The Balaban J connectivity index is 1.63. The van der Waals surface area contributed by atoms with E-state index in [9.17, 15) is 9.59 Å². The molecule has 2 amide bonds. The zero-order chi connectivity index (χ0) is 15.1. The van der Waals surface area contributed by atoms with Gasteiger partial charge in [-0.3, -0.25) is 9.59 Å². The van der Waals surface area contributed by atoms with Gasteiger partial charge in [0.15, 0.2) is 0 Å². The van der Waals surface area contributed by atoms with Crippen LogP contribution in [0.25, 0.3) is 0 Å². The highest BCUT2D eigenvalue weighted by molar-refractivity contribution is 5.87. The Bertz CT molecular complexity index is 347. The van der Waals surface area contributed by atoms with Gasteiger partial charge in [0.2, 0.25) is 11.8 Å². The maximum absolute atomic E-state index is 12.0. The molecule has 1 saturated carbocycles. The first-order valence-electron chi connectivity index (χ1n) is 8.45. The van der Waals surface area contributed by atoms with Crippen molar-refractivity contribution in [1.29, 1.82) is 0 Å². The summed E-state index contributed by atoms with van der Waals surface area (Å²) >= 11 is 0. The van der Waals surface area contributed by atoms with Gasteiger partial charge in [0.1, 0.15) is 6.04 Å². The molecule has 120 valence electrons. The van der Waals surface area contributed by atoms with Crippen molar-refractivity contribution in [3.63, 3.8) is 0 Å². The van der Waals surface area contributed by atoms with Gasteiger partial charge in [-0.25, -0.2) is 0 Å². The van der Waals surface area contributed by atoms with E-state index in [1.807, 2.05) is 0 Å². The number of hydrogen-bond donors (Lipinski definition) is 3. The fraction of sp³-hybridized carbons (Fsp3) is 0.875. The van der Waals surface area contributed by atoms with Crippen LogP contribution in [0.4, 0.5) is 0 Å². The van der Waals surface area contributed by atoms with Crippen LogP contribution < -0.4 is 16.0 Å². The zero-order valence-corrected chi connectivity index (χ0v) is 13.1. The highest BCUT2D eigenvalue weighted by Crippen LogP contribution is 2.26. The number of nitrogens with one attached hydrogen (secondary N) is 3. The molecule has 0 bridgehead atoms. The van der Waals surface area contributed by atoms with E-state index in [1.54, 1.807) is 6.92 Å². The Morgan fingerprint density at radius 1 is 1.14 bits per heavy atom. The first-order chi connectivity index (χ1) is 10.1. The quantitative estimate of drug-likeness (QED) is 0.692. The molecule has 2 fully saturated rings. The summed E-state index contributed by atoms with van der Waals surface area (Å²) in [4.78, 5) is 24.0. The molecule has 0 radical (unpaired) electrons. The van der Waals surface area contributed by atoms with E-state index in [1.165, 1.54) is 25.7 Å². The molecule has 2 unspecified atom stereocenters. The molecule has 3 N–H and O–H groups in total. The molecule has 2 rings (SSSR count).